The largest absolute Gasteiger partial charge is 0.235 e. The average molecular weight is 215 g/mol. The number of benzene rings is 1. The lowest BCUT2D eigenvalue weighted by atomic mass is 9.93. The molecule has 2 heteroatoms. The van der Waals surface area contributed by atoms with E-state index >= 15 is 0 Å². The van der Waals surface area contributed by atoms with Crippen molar-refractivity contribution in [2.24, 2.45) is 4.99 Å². The van der Waals surface area contributed by atoms with Gasteiger partial charge in [-0.25, -0.2) is 4.79 Å². The Morgan fingerprint density at radius 1 is 1.38 bits per heavy atom. The molecule has 0 amide bonds. The summed E-state index contributed by atoms with van der Waals surface area (Å²) in [5.41, 5.74) is 3.51. The summed E-state index contributed by atoms with van der Waals surface area (Å²) in [6, 6.07) is 6.49. The molecule has 84 valence electrons. The van der Waals surface area contributed by atoms with Crippen molar-refractivity contribution in [2.45, 2.75) is 45.1 Å². The van der Waals surface area contributed by atoms with Gasteiger partial charge in [-0.15, -0.1) is 0 Å². The summed E-state index contributed by atoms with van der Waals surface area (Å²) in [4.78, 5) is 14.5. The minimum atomic E-state index is -0.239. The number of isocyanates is 1. The maximum Gasteiger partial charge on any atom is 0.235 e. The van der Waals surface area contributed by atoms with Gasteiger partial charge in [-0.2, -0.15) is 4.99 Å². The SMILES string of the molecule is Cc1ccc(C(C)C)cc1C1(N=C=O)CC1. The zero-order chi connectivity index (χ0) is 11.8. The molecule has 1 aromatic carbocycles. The first-order valence-electron chi connectivity index (χ1n) is 5.79. The van der Waals surface area contributed by atoms with Crippen LogP contribution in [-0.2, 0) is 10.3 Å². The molecule has 0 atom stereocenters. The van der Waals surface area contributed by atoms with Gasteiger partial charge in [0.05, 0.1) is 5.54 Å². The van der Waals surface area contributed by atoms with Gasteiger partial charge in [0, 0.05) is 0 Å². The van der Waals surface area contributed by atoms with Crippen molar-refractivity contribution < 1.29 is 4.79 Å². The third-order valence-electron chi connectivity index (χ3n) is 3.41. The van der Waals surface area contributed by atoms with Crippen LogP contribution >= 0.6 is 0 Å². The van der Waals surface area contributed by atoms with Gasteiger partial charge in [-0.05, 0) is 42.4 Å². The van der Waals surface area contributed by atoms with Crippen LogP contribution < -0.4 is 0 Å². The van der Waals surface area contributed by atoms with Crippen LogP contribution in [0.1, 0.15) is 49.3 Å². The molecule has 0 aromatic heterocycles. The van der Waals surface area contributed by atoms with Crippen LogP contribution in [0.25, 0.3) is 0 Å². The predicted molar refractivity (Wildman–Crippen MR) is 64.3 cm³/mol. The van der Waals surface area contributed by atoms with E-state index in [9.17, 15) is 4.79 Å². The molecular weight excluding hydrogens is 198 g/mol. The van der Waals surface area contributed by atoms with E-state index < -0.39 is 0 Å². The van der Waals surface area contributed by atoms with Crippen molar-refractivity contribution in [1.29, 1.82) is 0 Å². The van der Waals surface area contributed by atoms with E-state index in [2.05, 4.69) is 44.0 Å². The van der Waals surface area contributed by atoms with E-state index in [1.54, 1.807) is 6.08 Å². The summed E-state index contributed by atoms with van der Waals surface area (Å²) in [7, 11) is 0. The highest BCUT2D eigenvalue weighted by Crippen LogP contribution is 2.50. The zero-order valence-corrected chi connectivity index (χ0v) is 10.1. The van der Waals surface area contributed by atoms with E-state index in [4.69, 9.17) is 0 Å². The van der Waals surface area contributed by atoms with Gasteiger partial charge < -0.3 is 0 Å². The lowest BCUT2D eigenvalue weighted by molar-refractivity contribution is 0.556. The van der Waals surface area contributed by atoms with E-state index in [0.29, 0.717) is 5.92 Å². The maximum atomic E-state index is 10.5. The number of rotatable bonds is 3. The second-order valence-corrected chi connectivity index (χ2v) is 4.96. The monoisotopic (exact) mass is 215 g/mol. The van der Waals surface area contributed by atoms with Crippen LogP contribution in [0.5, 0.6) is 0 Å². The van der Waals surface area contributed by atoms with Crippen molar-refractivity contribution in [2.75, 3.05) is 0 Å². The molecule has 0 N–H and O–H groups in total. The van der Waals surface area contributed by atoms with E-state index in [-0.39, 0.29) is 5.54 Å². The van der Waals surface area contributed by atoms with Crippen molar-refractivity contribution in [3.63, 3.8) is 0 Å². The number of aryl methyl sites for hydroxylation is 1. The molecule has 0 heterocycles. The highest BCUT2D eigenvalue weighted by molar-refractivity contribution is 5.45. The summed E-state index contributed by atoms with van der Waals surface area (Å²) >= 11 is 0. The molecule has 0 spiro atoms. The molecule has 0 unspecified atom stereocenters. The minimum absolute atomic E-state index is 0.239. The predicted octanol–water partition coefficient (Wildman–Crippen LogP) is 3.44. The standard InChI is InChI=1S/C14H17NO/c1-10(2)12-5-4-11(3)13(8-12)14(6-7-14)15-9-16/h4-5,8,10H,6-7H2,1-3H3. The molecule has 16 heavy (non-hydrogen) atoms. The Labute approximate surface area is 96.4 Å². The Hall–Kier alpha value is -1.40. The molecule has 1 fully saturated rings. The quantitative estimate of drug-likeness (QED) is 0.561. The van der Waals surface area contributed by atoms with Crippen LogP contribution in [0.4, 0.5) is 0 Å². The molecule has 0 saturated heterocycles. The Bertz CT molecular complexity index is 452. The van der Waals surface area contributed by atoms with Crippen LogP contribution in [0, 0.1) is 6.92 Å². The van der Waals surface area contributed by atoms with Gasteiger partial charge in [0.25, 0.3) is 0 Å². The van der Waals surface area contributed by atoms with Crippen molar-refractivity contribution in [1.82, 2.24) is 0 Å². The van der Waals surface area contributed by atoms with E-state index in [1.807, 2.05) is 0 Å². The Morgan fingerprint density at radius 2 is 2.06 bits per heavy atom. The van der Waals surface area contributed by atoms with Gasteiger partial charge in [-0.3, -0.25) is 0 Å². The van der Waals surface area contributed by atoms with E-state index in [1.165, 1.54) is 16.7 Å². The van der Waals surface area contributed by atoms with Gasteiger partial charge >= 0.3 is 0 Å². The first-order valence-corrected chi connectivity index (χ1v) is 5.79. The summed E-state index contributed by atoms with van der Waals surface area (Å²) in [6.07, 6.45) is 3.67. The minimum Gasteiger partial charge on any atom is -0.211 e. The molecule has 2 rings (SSSR count). The third kappa shape index (κ3) is 1.81. The molecule has 1 aliphatic rings. The molecule has 1 aromatic rings. The fourth-order valence-electron chi connectivity index (χ4n) is 2.15. The molecule has 0 aliphatic heterocycles. The van der Waals surface area contributed by atoms with Crippen LogP contribution in [0.3, 0.4) is 0 Å². The summed E-state index contributed by atoms with van der Waals surface area (Å²) in [5, 5.41) is 0. The first-order chi connectivity index (χ1) is 7.59. The molecule has 2 nitrogen and oxygen atoms in total. The molecular formula is C14H17NO. The number of carbonyl (C=O) groups excluding carboxylic acids is 1. The van der Waals surface area contributed by atoms with Gasteiger partial charge in [0.2, 0.25) is 6.08 Å². The van der Waals surface area contributed by atoms with Crippen molar-refractivity contribution in [3.8, 4) is 0 Å². The molecule has 1 saturated carbocycles. The summed E-state index contributed by atoms with van der Waals surface area (Å²) in [6.45, 7) is 6.44. The van der Waals surface area contributed by atoms with Crippen LogP contribution in [-0.4, -0.2) is 6.08 Å². The number of nitrogens with zero attached hydrogens (tertiary/aromatic N) is 1. The van der Waals surface area contributed by atoms with Crippen LogP contribution in [0.15, 0.2) is 23.2 Å². The normalized spacial score (nSPS) is 17.0. The number of hydrogen-bond acceptors (Lipinski definition) is 2. The average Bonchev–Trinajstić information content (AvgIpc) is 2.99. The summed E-state index contributed by atoms with van der Waals surface area (Å²) in [5.74, 6) is 0.510. The molecule has 0 bridgehead atoms. The van der Waals surface area contributed by atoms with Crippen LogP contribution in [0.2, 0.25) is 0 Å². The number of hydrogen-bond donors (Lipinski definition) is 0. The lowest BCUT2D eigenvalue weighted by Crippen LogP contribution is -2.06. The van der Waals surface area contributed by atoms with Gasteiger partial charge in [0.1, 0.15) is 0 Å². The lowest BCUT2D eigenvalue weighted by Gasteiger charge is -2.15. The Morgan fingerprint density at radius 3 is 2.56 bits per heavy atom. The number of aliphatic imine (C=N–C) groups is 1. The highest BCUT2D eigenvalue weighted by atomic mass is 16.1. The fourth-order valence-corrected chi connectivity index (χ4v) is 2.15. The molecule has 1 aliphatic carbocycles. The third-order valence-corrected chi connectivity index (χ3v) is 3.41. The van der Waals surface area contributed by atoms with E-state index in [0.717, 1.165) is 12.8 Å². The smallest absolute Gasteiger partial charge is 0.211 e. The Kier molecular flexibility index (Phi) is 2.69. The topological polar surface area (TPSA) is 29.4 Å². The Balaban J connectivity index is 2.47. The van der Waals surface area contributed by atoms with Crippen molar-refractivity contribution in [3.05, 3.63) is 34.9 Å². The first kappa shape index (κ1) is 11.1. The maximum absolute atomic E-state index is 10.5. The summed E-state index contributed by atoms with van der Waals surface area (Å²) < 4.78 is 0. The van der Waals surface area contributed by atoms with Gasteiger partial charge in [-0.1, -0.05) is 32.0 Å². The second kappa shape index (κ2) is 3.88. The molecule has 0 radical (unpaired) electrons. The highest BCUT2D eigenvalue weighted by Gasteiger charge is 2.45. The zero-order valence-electron chi connectivity index (χ0n) is 10.1. The van der Waals surface area contributed by atoms with Gasteiger partial charge in [0.15, 0.2) is 0 Å². The van der Waals surface area contributed by atoms with Crippen molar-refractivity contribution >= 4 is 6.08 Å². The fraction of sp³-hybridized carbons (Fsp3) is 0.500. The second-order valence-electron chi connectivity index (χ2n) is 4.96.